The third-order valence-electron chi connectivity index (χ3n) is 4.48. The van der Waals surface area contributed by atoms with Gasteiger partial charge in [-0.25, -0.2) is 4.39 Å². The van der Waals surface area contributed by atoms with E-state index in [-0.39, 0.29) is 15.6 Å². The largest absolute Gasteiger partial charge is 0.457 e. The minimum atomic E-state index is -0.640. The number of anilines is 1. The standard InChI is InChI=1S/C22H12Cl3FN2O4S/c23-11-1-4-14(15(24)7-11)18-6-3-13(32-18)9-19-21(30)28(22(31)33-19)10-20(29)27-12-2-5-17(26)16(25)8-12/h1-9H,10H2,(H,27,29)/b19-9+. The number of rotatable bonds is 5. The van der Waals surface area contributed by atoms with Crippen LogP contribution in [0.15, 0.2) is 57.9 Å². The van der Waals surface area contributed by atoms with E-state index in [0.29, 0.717) is 38.9 Å². The second-order valence-corrected chi connectivity index (χ2v) is 9.02. The summed E-state index contributed by atoms with van der Waals surface area (Å²) in [5.41, 5.74) is 0.851. The van der Waals surface area contributed by atoms with Crippen molar-refractivity contribution in [3.05, 3.63) is 80.1 Å². The lowest BCUT2D eigenvalue weighted by Crippen LogP contribution is -2.36. The highest BCUT2D eigenvalue weighted by Crippen LogP contribution is 2.35. The number of thioether (sulfide) groups is 1. The molecule has 3 aromatic rings. The molecule has 1 fully saturated rings. The molecule has 0 unspecified atom stereocenters. The molecule has 1 aliphatic rings. The van der Waals surface area contributed by atoms with Crippen LogP contribution in [0.4, 0.5) is 14.9 Å². The molecule has 0 saturated carbocycles. The molecule has 33 heavy (non-hydrogen) atoms. The average molecular weight is 526 g/mol. The Morgan fingerprint density at radius 3 is 2.58 bits per heavy atom. The fourth-order valence-electron chi connectivity index (χ4n) is 2.95. The van der Waals surface area contributed by atoms with Crippen molar-refractivity contribution < 1.29 is 23.2 Å². The zero-order valence-electron chi connectivity index (χ0n) is 16.4. The van der Waals surface area contributed by atoms with Gasteiger partial charge in [0.2, 0.25) is 5.91 Å². The summed E-state index contributed by atoms with van der Waals surface area (Å²) in [5, 5.41) is 2.58. The van der Waals surface area contributed by atoms with Crippen LogP contribution in [-0.2, 0) is 9.59 Å². The molecule has 0 spiro atoms. The summed E-state index contributed by atoms with van der Waals surface area (Å²) in [7, 11) is 0. The van der Waals surface area contributed by atoms with E-state index in [9.17, 15) is 18.8 Å². The summed E-state index contributed by atoms with van der Waals surface area (Å²) >= 11 is 18.5. The molecule has 3 amide bonds. The van der Waals surface area contributed by atoms with Gasteiger partial charge in [0.05, 0.1) is 15.0 Å². The van der Waals surface area contributed by atoms with Gasteiger partial charge in [0, 0.05) is 22.3 Å². The Bertz CT molecular complexity index is 1320. The normalized spacial score (nSPS) is 14.9. The van der Waals surface area contributed by atoms with Crippen molar-refractivity contribution in [3.8, 4) is 11.3 Å². The first kappa shape index (κ1) is 23.4. The molecule has 0 aliphatic carbocycles. The Hall–Kier alpha value is -2.78. The van der Waals surface area contributed by atoms with E-state index in [2.05, 4.69) is 5.32 Å². The molecule has 4 rings (SSSR count). The number of carbonyl (C=O) groups excluding carboxylic acids is 3. The van der Waals surface area contributed by atoms with E-state index >= 15 is 0 Å². The van der Waals surface area contributed by atoms with Crippen molar-refractivity contribution in [2.24, 2.45) is 0 Å². The third-order valence-corrected chi connectivity index (χ3v) is 6.22. The first-order valence-corrected chi connectivity index (χ1v) is 11.2. The van der Waals surface area contributed by atoms with Crippen LogP contribution in [0.1, 0.15) is 5.76 Å². The summed E-state index contributed by atoms with van der Waals surface area (Å²) in [6.07, 6.45) is 1.41. The van der Waals surface area contributed by atoms with Crippen LogP contribution >= 0.6 is 46.6 Å². The number of halogens is 4. The molecule has 1 aliphatic heterocycles. The van der Waals surface area contributed by atoms with Gasteiger partial charge in [-0.15, -0.1) is 0 Å². The molecule has 2 aromatic carbocycles. The predicted octanol–water partition coefficient (Wildman–Crippen LogP) is 6.72. The quantitative estimate of drug-likeness (QED) is 0.374. The van der Waals surface area contributed by atoms with Gasteiger partial charge < -0.3 is 9.73 Å². The Labute approximate surface area is 206 Å². The van der Waals surface area contributed by atoms with Crippen molar-refractivity contribution in [1.82, 2.24) is 4.90 Å². The molecular weight excluding hydrogens is 514 g/mol. The predicted molar refractivity (Wildman–Crippen MR) is 127 cm³/mol. The zero-order valence-corrected chi connectivity index (χ0v) is 19.5. The van der Waals surface area contributed by atoms with Crippen LogP contribution in [0, 0.1) is 5.82 Å². The summed E-state index contributed by atoms with van der Waals surface area (Å²) in [5.74, 6) is -1.13. The maximum Gasteiger partial charge on any atom is 0.294 e. The molecule has 1 saturated heterocycles. The Balaban J connectivity index is 1.46. The van der Waals surface area contributed by atoms with Gasteiger partial charge in [-0.3, -0.25) is 19.3 Å². The molecule has 11 heteroatoms. The fourth-order valence-corrected chi connectivity index (χ4v) is 4.45. The molecule has 168 valence electrons. The van der Waals surface area contributed by atoms with Gasteiger partial charge >= 0.3 is 0 Å². The van der Waals surface area contributed by atoms with Gasteiger partial charge in [-0.2, -0.15) is 0 Å². The van der Waals surface area contributed by atoms with Crippen LogP contribution in [-0.4, -0.2) is 28.5 Å². The number of hydrogen-bond acceptors (Lipinski definition) is 5. The lowest BCUT2D eigenvalue weighted by atomic mass is 10.2. The Morgan fingerprint density at radius 1 is 1.06 bits per heavy atom. The third kappa shape index (κ3) is 5.25. The van der Waals surface area contributed by atoms with E-state index < -0.39 is 29.4 Å². The molecule has 2 heterocycles. The van der Waals surface area contributed by atoms with Crippen LogP contribution < -0.4 is 5.32 Å². The molecule has 1 aromatic heterocycles. The topological polar surface area (TPSA) is 79.6 Å². The van der Waals surface area contributed by atoms with E-state index in [1.54, 1.807) is 30.3 Å². The average Bonchev–Trinajstić information content (AvgIpc) is 3.31. The number of amides is 3. The highest BCUT2D eigenvalue weighted by molar-refractivity contribution is 8.18. The van der Waals surface area contributed by atoms with E-state index in [1.807, 2.05) is 0 Å². The van der Waals surface area contributed by atoms with Gasteiger partial charge in [0.15, 0.2) is 0 Å². The SMILES string of the molecule is O=C(CN1C(=O)S/C(=C/c2ccc(-c3ccc(Cl)cc3Cl)o2)C1=O)Nc1ccc(F)c(Cl)c1. The van der Waals surface area contributed by atoms with Crippen LogP contribution in [0.25, 0.3) is 17.4 Å². The molecule has 0 radical (unpaired) electrons. The highest BCUT2D eigenvalue weighted by Gasteiger charge is 2.36. The number of carbonyl (C=O) groups is 3. The number of hydrogen-bond donors (Lipinski definition) is 1. The summed E-state index contributed by atoms with van der Waals surface area (Å²) in [6, 6.07) is 11.9. The summed E-state index contributed by atoms with van der Waals surface area (Å²) < 4.78 is 19.0. The van der Waals surface area contributed by atoms with Gasteiger partial charge in [0.1, 0.15) is 23.9 Å². The lowest BCUT2D eigenvalue weighted by molar-refractivity contribution is -0.127. The van der Waals surface area contributed by atoms with E-state index in [1.165, 1.54) is 18.2 Å². The van der Waals surface area contributed by atoms with Gasteiger partial charge in [0.25, 0.3) is 11.1 Å². The van der Waals surface area contributed by atoms with Crippen molar-refractivity contribution in [2.75, 3.05) is 11.9 Å². The van der Waals surface area contributed by atoms with E-state index in [4.69, 9.17) is 39.2 Å². The number of imide groups is 1. The zero-order chi connectivity index (χ0) is 23.7. The van der Waals surface area contributed by atoms with Crippen molar-refractivity contribution in [3.63, 3.8) is 0 Å². The maximum absolute atomic E-state index is 13.3. The van der Waals surface area contributed by atoms with Gasteiger partial charge in [-0.1, -0.05) is 34.8 Å². The summed E-state index contributed by atoms with van der Waals surface area (Å²) in [6.45, 7) is -0.513. The van der Waals surface area contributed by atoms with Crippen molar-refractivity contribution >= 4 is 75.4 Å². The van der Waals surface area contributed by atoms with E-state index in [0.717, 1.165) is 11.0 Å². The highest BCUT2D eigenvalue weighted by atomic mass is 35.5. The number of nitrogens with one attached hydrogen (secondary N) is 1. The van der Waals surface area contributed by atoms with Crippen LogP contribution in [0.5, 0.6) is 0 Å². The first-order valence-electron chi connectivity index (χ1n) is 9.27. The Morgan fingerprint density at radius 2 is 1.85 bits per heavy atom. The fraction of sp³-hybridized carbons (Fsp3) is 0.0455. The second-order valence-electron chi connectivity index (χ2n) is 6.77. The molecular formula is C22H12Cl3FN2O4S. The molecule has 1 N–H and O–H groups in total. The monoisotopic (exact) mass is 524 g/mol. The van der Waals surface area contributed by atoms with Crippen LogP contribution in [0.3, 0.4) is 0 Å². The summed E-state index contributed by atoms with van der Waals surface area (Å²) in [4.78, 5) is 38.1. The Kier molecular flexibility index (Phi) is 6.81. The minimum absolute atomic E-state index is 0.0979. The number of furan rings is 1. The maximum atomic E-state index is 13.3. The van der Waals surface area contributed by atoms with Crippen molar-refractivity contribution in [1.29, 1.82) is 0 Å². The van der Waals surface area contributed by atoms with Gasteiger partial charge in [-0.05, 0) is 60.3 Å². The second kappa shape index (κ2) is 9.61. The smallest absolute Gasteiger partial charge is 0.294 e. The minimum Gasteiger partial charge on any atom is -0.457 e. The molecule has 0 atom stereocenters. The lowest BCUT2D eigenvalue weighted by Gasteiger charge is -2.12. The molecule has 0 bridgehead atoms. The number of benzene rings is 2. The molecule has 6 nitrogen and oxygen atoms in total. The first-order chi connectivity index (χ1) is 15.7. The number of nitrogens with zero attached hydrogens (tertiary/aromatic N) is 1. The van der Waals surface area contributed by atoms with Crippen LogP contribution in [0.2, 0.25) is 15.1 Å². The van der Waals surface area contributed by atoms with Crippen molar-refractivity contribution in [2.45, 2.75) is 0 Å².